The lowest BCUT2D eigenvalue weighted by Crippen LogP contribution is -1.86. The molecule has 0 bridgehead atoms. The molecule has 0 radical (unpaired) electrons. The highest BCUT2D eigenvalue weighted by atomic mass is 32.2. The average Bonchev–Trinajstić information content (AvgIpc) is 2.59. The molecule has 14 heavy (non-hydrogen) atoms. The first kappa shape index (κ1) is 9.83. The highest BCUT2D eigenvalue weighted by Crippen LogP contribution is 2.39. The van der Waals surface area contributed by atoms with Crippen LogP contribution in [0.1, 0.15) is 5.56 Å². The van der Waals surface area contributed by atoms with Gasteiger partial charge in [-0.25, -0.2) is 0 Å². The minimum Gasteiger partial charge on any atom is -0.506 e. The molecule has 2 rings (SSSR count). The number of thiophene rings is 1. The molecule has 4 heteroatoms. The van der Waals surface area contributed by atoms with E-state index < -0.39 is 0 Å². The second-order valence-electron chi connectivity index (χ2n) is 2.91. The molecule has 0 fully saturated rings. The molecule has 1 heterocycles. The number of aliphatic hydroxyl groups is 1. The Balaban J connectivity index is 2.77. The zero-order valence-electron chi connectivity index (χ0n) is 7.65. The fraction of sp³-hybridized carbons (Fsp3) is 0.200. The lowest BCUT2D eigenvalue weighted by Gasteiger charge is -2.05. The molecule has 0 aliphatic carbocycles. The van der Waals surface area contributed by atoms with Gasteiger partial charge in [-0.3, -0.25) is 0 Å². The number of rotatable bonds is 2. The van der Waals surface area contributed by atoms with E-state index in [1.165, 1.54) is 11.3 Å². The van der Waals surface area contributed by atoms with E-state index in [4.69, 9.17) is 5.11 Å². The summed E-state index contributed by atoms with van der Waals surface area (Å²) in [5.74, 6) is 0.324. The zero-order valence-corrected chi connectivity index (χ0v) is 9.28. The summed E-state index contributed by atoms with van der Waals surface area (Å²) in [6, 6.07) is 3.72. The van der Waals surface area contributed by atoms with Crippen molar-refractivity contribution in [3.8, 4) is 5.75 Å². The lowest BCUT2D eigenvalue weighted by molar-refractivity contribution is 0.279. The maximum absolute atomic E-state index is 9.53. The smallest absolute Gasteiger partial charge is 0.134 e. The van der Waals surface area contributed by atoms with Crippen LogP contribution in [-0.2, 0) is 6.61 Å². The Morgan fingerprint density at radius 3 is 2.86 bits per heavy atom. The Kier molecular flexibility index (Phi) is 2.67. The maximum Gasteiger partial charge on any atom is 0.134 e. The first-order valence-corrected chi connectivity index (χ1v) is 6.25. The van der Waals surface area contributed by atoms with Gasteiger partial charge < -0.3 is 10.2 Å². The van der Waals surface area contributed by atoms with E-state index in [2.05, 4.69) is 0 Å². The summed E-state index contributed by atoms with van der Waals surface area (Å²) < 4.78 is 1.06. The van der Waals surface area contributed by atoms with Gasteiger partial charge in [-0.05, 0) is 17.9 Å². The van der Waals surface area contributed by atoms with Crippen LogP contribution in [0.25, 0.3) is 10.1 Å². The van der Waals surface area contributed by atoms with E-state index in [1.807, 2.05) is 18.4 Å². The van der Waals surface area contributed by atoms with Gasteiger partial charge in [0.1, 0.15) is 5.75 Å². The monoisotopic (exact) mass is 226 g/mol. The van der Waals surface area contributed by atoms with Crippen LogP contribution < -0.4 is 0 Å². The topological polar surface area (TPSA) is 40.5 Å². The van der Waals surface area contributed by atoms with Crippen molar-refractivity contribution in [2.75, 3.05) is 6.26 Å². The van der Waals surface area contributed by atoms with Gasteiger partial charge in [0.25, 0.3) is 0 Å². The van der Waals surface area contributed by atoms with Crippen molar-refractivity contribution in [3.05, 3.63) is 23.1 Å². The van der Waals surface area contributed by atoms with Gasteiger partial charge in [-0.1, -0.05) is 6.07 Å². The number of hydrogen-bond acceptors (Lipinski definition) is 4. The molecule has 1 aromatic heterocycles. The van der Waals surface area contributed by atoms with E-state index in [-0.39, 0.29) is 6.61 Å². The minimum absolute atomic E-state index is 0.0464. The van der Waals surface area contributed by atoms with Gasteiger partial charge in [0, 0.05) is 15.7 Å². The summed E-state index contributed by atoms with van der Waals surface area (Å²) in [6.45, 7) is 0.0464. The van der Waals surface area contributed by atoms with Gasteiger partial charge in [-0.2, -0.15) is 0 Å². The predicted octanol–water partition coefficient (Wildman–Crippen LogP) is 2.82. The summed E-state index contributed by atoms with van der Waals surface area (Å²) in [5.41, 5.74) is 0.923. The van der Waals surface area contributed by atoms with Crippen LogP contribution in [0.15, 0.2) is 22.4 Å². The van der Waals surface area contributed by atoms with Gasteiger partial charge in [-0.15, -0.1) is 23.1 Å². The van der Waals surface area contributed by atoms with Crippen molar-refractivity contribution in [3.63, 3.8) is 0 Å². The van der Waals surface area contributed by atoms with Crippen LogP contribution in [0.3, 0.4) is 0 Å². The van der Waals surface area contributed by atoms with Gasteiger partial charge in [0.2, 0.25) is 0 Å². The molecule has 0 aliphatic heterocycles. The largest absolute Gasteiger partial charge is 0.506 e. The Labute approximate surface area is 90.2 Å². The van der Waals surface area contributed by atoms with Crippen molar-refractivity contribution in [1.82, 2.24) is 0 Å². The van der Waals surface area contributed by atoms with E-state index in [0.29, 0.717) is 5.75 Å². The summed E-state index contributed by atoms with van der Waals surface area (Å²) in [7, 11) is 0. The highest BCUT2D eigenvalue weighted by molar-refractivity contribution is 7.99. The van der Waals surface area contributed by atoms with Gasteiger partial charge >= 0.3 is 0 Å². The maximum atomic E-state index is 9.53. The zero-order chi connectivity index (χ0) is 10.1. The Hall–Kier alpha value is -0.710. The first-order valence-electron chi connectivity index (χ1n) is 4.14. The van der Waals surface area contributed by atoms with Crippen molar-refractivity contribution >= 4 is 33.2 Å². The molecule has 2 nitrogen and oxygen atoms in total. The second-order valence-corrected chi connectivity index (χ2v) is 4.61. The Morgan fingerprint density at radius 1 is 1.43 bits per heavy atom. The molecule has 74 valence electrons. The molecular weight excluding hydrogens is 216 g/mol. The van der Waals surface area contributed by atoms with E-state index >= 15 is 0 Å². The van der Waals surface area contributed by atoms with Crippen molar-refractivity contribution in [2.24, 2.45) is 0 Å². The van der Waals surface area contributed by atoms with Crippen molar-refractivity contribution < 1.29 is 10.2 Å². The van der Waals surface area contributed by atoms with E-state index in [0.717, 1.165) is 20.5 Å². The summed E-state index contributed by atoms with van der Waals surface area (Å²) in [4.78, 5) is 1.07. The third kappa shape index (κ3) is 1.39. The normalized spacial score (nSPS) is 11.0. The van der Waals surface area contributed by atoms with Crippen LogP contribution in [0.5, 0.6) is 5.75 Å². The van der Waals surface area contributed by atoms with Crippen LogP contribution in [0.2, 0.25) is 0 Å². The summed E-state index contributed by atoms with van der Waals surface area (Å²) >= 11 is 3.11. The van der Waals surface area contributed by atoms with Crippen LogP contribution in [0.4, 0.5) is 0 Å². The first-order chi connectivity index (χ1) is 6.77. The fourth-order valence-electron chi connectivity index (χ4n) is 1.45. The standard InChI is InChI=1S/C10H10O2S2/c1-13-9-6(4-11)2-3-7-8(12)5-14-10(7)9/h2-3,5,11-12H,4H2,1H3. The molecule has 2 aromatic rings. The number of hydrogen-bond donors (Lipinski definition) is 2. The average molecular weight is 226 g/mol. The number of benzene rings is 1. The molecule has 2 N–H and O–H groups in total. The van der Waals surface area contributed by atoms with Crippen molar-refractivity contribution in [2.45, 2.75) is 11.5 Å². The number of aliphatic hydroxyl groups excluding tert-OH is 1. The molecule has 0 saturated carbocycles. The van der Waals surface area contributed by atoms with Gasteiger partial charge in [0.05, 0.1) is 11.3 Å². The quantitative estimate of drug-likeness (QED) is 0.774. The molecule has 1 aromatic carbocycles. The molecular formula is C10H10O2S2. The second kappa shape index (κ2) is 3.81. The van der Waals surface area contributed by atoms with Crippen LogP contribution in [0, 0.1) is 0 Å². The van der Waals surface area contributed by atoms with Crippen LogP contribution in [-0.4, -0.2) is 16.5 Å². The summed E-state index contributed by atoms with van der Waals surface area (Å²) in [5, 5.41) is 21.3. The third-order valence-corrected chi connectivity index (χ3v) is 4.14. The van der Waals surface area contributed by atoms with E-state index in [9.17, 15) is 5.11 Å². The number of fused-ring (bicyclic) bond motifs is 1. The molecule has 0 saturated heterocycles. The SMILES string of the molecule is CSc1c(CO)ccc2c(O)csc12. The van der Waals surface area contributed by atoms with E-state index in [1.54, 1.807) is 17.1 Å². The molecule has 0 amide bonds. The number of aromatic hydroxyl groups is 1. The fourth-order valence-corrected chi connectivity index (χ4v) is 3.43. The van der Waals surface area contributed by atoms with Crippen LogP contribution >= 0.6 is 23.1 Å². The van der Waals surface area contributed by atoms with Crippen molar-refractivity contribution in [1.29, 1.82) is 0 Å². The summed E-state index contributed by atoms with van der Waals surface area (Å²) in [6.07, 6.45) is 1.98. The predicted molar refractivity (Wildman–Crippen MR) is 61.2 cm³/mol. The molecule has 0 atom stereocenters. The number of thioether (sulfide) groups is 1. The van der Waals surface area contributed by atoms with Gasteiger partial charge in [0.15, 0.2) is 0 Å². The minimum atomic E-state index is 0.0464. The third-order valence-electron chi connectivity index (χ3n) is 2.13. The molecule has 0 unspecified atom stereocenters. The molecule has 0 spiro atoms. The molecule has 0 aliphatic rings. The highest BCUT2D eigenvalue weighted by Gasteiger charge is 2.10. The Morgan fingerprint density at radius 2 is 2.21 bits per heavy atom. The Bertz CT molecular complexity index is 462. The lowest BCUT2D eigenvalue weighted by atomic mass is 10.2.